The van der Waals surface area contributed by atoms with Crippen molar-refractivity contribution < 1.29 is 10.2 Å². The quantitative estimate of drug-likeness (QED) is 0.828. The molecule has 88 valence electrons. The number of aliphatic hydroxyl groups is 1. The third-order valence-electron chi connectivity index (χ3n) is 2.78. The van der Waals surface area contributed by atoms with E-state index in [-0.39, 0.29) is 5.75 Å². The first-order valence-corrected chi connectivity index (χ1v) is 5.60. The SMILES string of the molecule is CC(C)(O)c1ccccc1-c1ccccc1O. The van der Waals surface area contributed by atoms with Gasteiger partial charge in [-0.1, -0.05) is 42.5 Å². The molecule has 17 heavy (non-hydrogen) atoms. The van der Waals surface area contributed by atoms with Gasteiger partial charge < -0.3 is 10.2 Å². The normalized spacial score (nSPS) is 11.5. The van der Waals surface area contributed by atoms with Crippen LogP contribution in [0.25, 0.3) is 11.1 Å². The first kappa shape index (κ1) is 11.7. The third-order valence-corrected chi connectivity index (χ3v) is 2.78. The predicted octanol–water partition coefficient (Wildman–Crippen LogP) is 3.29. The third kappa shape index (κ3) is 2.32. The second kappa shape index (κ2) is 4.22. The van der Waals surface area contributed by atoms with Crippen LogP contribution in [-0.2, 0) is 5.60 Å². The molecule has 0 aliphatic heterocycles. The number of benzene rings is 2. The molecule has 0 heterocycles. The van der Waals surface area contributed by atoms with Crippen LogP contribution in [0.3, 0.4) is 0 Å². The lowest BCUT2D eigenvalue weighted by Gasteiger charge is -2.22. The summed E-state index contributed by atoms with van der Waals surface area (Å²) in [6.45, 7) is 3.48. The van der Waals surface area contributed by atoms with Gasteiger partial charge in [0.1, 0.15) is 5.75 Å². The summed E-state index contributed by atoms with van der Waals surface area (Å²) in [5.41, 5.74) is 1.48. The van der Waals surface area contributed by atoms with E-state index in [9.17, 15) is 10.2 Å². The Hall–Kier alpha value is -1.80. The second-order valence-electron chi connectivity index (χ2n) is 4.62. The first-order valence-electron chi connectivity index (χ1n) is 5.60. The highest BCUT2D eigenvalue weighted by molar-refractivity contribution is 5.73. The van der Waals surface area contributed by atoms with Gasteiger partial charge >= 0.3 is 0 Å². The van der Waals surface area contributed by atoms with Crippen LogP contribution in [0, 0.1) is 0 Å². The van der Waals surface area contributed by atoms with Crippen molar-refractivity contribution in [2.75, 3.05) is 0 Å². The number of hydrogen-bond donors (Lipinski definition) is 2. The number of hydrogen-bond acceptors (Lipinski definition) is 2. The summed E-state index contributed by atoms with van der Waals surface area (Å²) in [5, 5.41) is 20.0. The highest BCUT2D eigenvalue weighted by Gasteiger charge is 2.21. The van der Waals surface area contributed by atoms with E-state index in [1.165, 1.54) is 0 Å². The van der Waals surface area contributed by atoms with Crippen molar-refractivity contribution in [3.8, 4) is 16.9 Å². The minimum Gasteiger partial charge on any atom is -0.507 e. The van der Waals surface area contributed by atoms with Crippen LogP contribution < -0.4 is 0 Å². The smallest absolute Gasteiger partial charge is 0.123 e. The molecular formula is C15H16O2. The van der Waals surface area contributed by atoms with Gasteiger partial charge in [-0.3, -0.25) is 0 Å². The minimum absolute atomic E-state index is 0.226. The van der Waals surface area contributed by atoms with Gasteiger partial charge in [0.2, 0.25) is 0 Å². The zero-order valence-electron chi connectivity index (χ0n) is 10.0. The predicted molar refractivity (Wildman–Crippen MR) is 68.8 cm³/mol. The van der Waals surface area contributed by atoms with Gasteiger partial charge in [-0.15, -0.1) is 0 Å². The number of phenolic OH excluding ortho intramolecular Hbond substituents is 1. The minimum atomic E-state index is -0.932. The lowest BCUT2D eigenvalue weighted by molar-refractivity contribution is 0.0792. The largest absolute Gasteiger partial charge is 0.507 e. The average Bonchev–Trinajstić information content (AvgIpc) is 2.28. The highest BCUT2D eigenvalue weighted by atomic mass is 16.3. The summed E-state index contributed by atoms with van der Waals surface area (Å²) in [7, 11) is 0. The molecule has 0 fully saturated rings. The average molecular weight is 228 g/mol. The van der Waals surface area contributed by atoms with Gasteiger partial charge in [0.25, 0.3) is 0 Å². The molecule has 0 aliphatic rings. The number of rotatable bonds is 2. The highest BCUT2D eigenvalue weighted by Crippen LogP contribution is 2.35. The molecule has 0 saturated carbocycles. The maximum absolute atomic E-state index is 10.1. The second-order valence-corrected chi connectivity index (χ2v) is 4.62. The molecule has 2 heteroatoms. The summed E-state index contributed by atoms with van der Waals surface area (Å²) >= 11 is 0. The fourth-order valence-corrected chi connectivity index (χ4v) is 1.95. The summed E-state index contributed by atoms with van der Waals surface area (Å²) in [6.07, 6.45) is 0. The van der Waals surface area contributed by atoms with Crippen LogP contribution >= 0.6 is 0 Å². The van der Waals surface area contributed by atoms with E-state index in [0.29, 0.717) is 0 Å². The van der Waals surface area contributed by atoms with Crippen molar-refractivity contribution in [2.45, 2.75) is 19.4 Å². The molecule has 0 saturated heterocycles. The Labute approximate surface area is 101 Å². The van der Waals surface area contributed by atoms with E-state index in [0.717, 1.165) is 16.7 Å². The molecule has 0 unspecified atom stereocenters. The molecule has 0 amide bonds. The fraction of sp³-hybridized carbons (Fsp3) is 0.200. The van der Waals surface area contributed by atoms with E-state index < -0.39 is 5.60 Å². The molecule has 2 aromatic carbocycles. The molecule has 0 aromatic heterocycles. The summed E-state index contributed by atoms with van der Waals surface area (Å²) in [5.74, 6) is 0.226. The Bertz CT molecular complexity index is 524. The Kier molecular flexibility index (Phi) is 2.90. The zero-order valence-corrected chi connectivity index (χ0v) is 10.0. The first-order chi connectivity index (χ1) is 8.00. The Morgan fingerprint density at radius 2 is 1.35 bits per heavy atom. The van der Waals surface area contributed by atoms with Crippen molar-refractivity contribution in [3.05, 3.63) is 54.1 Å². The van der Waals surface area contributed by atoms with E-state index in [4.69, 9.17) is 0 Å². The lowest BCUT2D eigenvalue weighted by atomic mass is 9.89. The molecule has 2 aromatic rings. The molecule has 0 spiro atoms. The Morgan fingerprint density at radius 1 is 0.824 bits per heavy atom. The van der Waals surface area contributed by atoms with Crippen LogP contribution in [0.4, 0.5) is 0 Å². The maximum Gasteiger partial charge on any atom is 0.123 e. The van der Waals surface area contributed by atoms with Gasteiger partial charge in [-0.2, -0.15) is 0 Å². The molecule has 2 nitrogen and oxygen atoms in total. The van der Waals surface area contributed by atoms with Crippen LogP contribution in [0.2, 0.25) is 0 Å². The fourth-order valence-electron chi connectivity index (χ4n) is 1.95. The van der Waals surface area contributed by atoms with Gasteiger partial charge in [0.15, 0.2) is 0 Å². The molecular weight excluding hydrogens is 212 g/mol. The van der Waals surface area contributed by atoms with Crippen LogP contribution in [0.15, 0.2) is 48.5 Å². The van der Waals surface area contributed by atoms with Crippen LogP contribution in [0.5, 0.6) is 5.75 Å². The van der Waals surface area contributed by atoms with Crippen molar-refractivity contribution in [2.24, 2.45) is 0 Å². The number of aromatic hydroxyl groups is 1. The molecule has 2 rings (SSSR count). The summed E-state index contributed by atoms with van der Waals surface area (Å²) in [4.78, 5) is 0. The molecule has 0 radical (unpaired) electrons. The maximum atomic E-state index is 10.1. The van der Waals surface area contributed by atoms with Crippen molar-refractivity contribution >= 4 is 0 Å². The van der Waals surface area contributed by atoms with Gasteiger partial charge in [-0.05, 0) is 31.0 Å². The van der Waals surface area contributed by atoms with Crippen molar-refractivity contribution in [3.63, 3.8) is 0 Å². The standard InChI is InChI=1S/C15H16O2/c1-15(2,17)13-9-5-3-7-11(13)12-8-4-6-10-14(12)16/h3-10,16-17H,1-2H3. The monoisotopic (exact) mass is 228 g/mol. The van der Waals surface area contributed by atoms with Gasteiger partial charge in [-0.25, -0.2) is 0 Å². The zero-order chi connectivity index (χ0) is 12.5. The van der Waals surface area contributed by atoms with Crippen LogP contribution in [-0.4, -0.2) is 10.2 Å². The summed E-state index contributed by atoms with van der Waals surface area (Å²) < 4.78 is 0. The van der Waals surface area contributed by atoms with E-state index in [1.54, 1.807) is 26.0 Å². The van der Waals surface area contributed by atoms with E-state index >= 15 is 0 Å². The molecule has 2 N–H and O–H groups in total. The lowest BCUT2D eigenvalue weighted by Crippen LogP contribution is -2.16. The molecule has 0 aliphatic carbocycles. The van der Waals surface area contributed by atoms with E-state index in [2.05, 4.69) is 0 Å². The molecule has 0 atom stereocenters. The topological polar surface area (TPSA) is 40.5 Å². The van der Waals surface area contributed by atoms with E-state index in [1.807, 2.05) is 36.4 Å². The van der Waals surface area contributed by atoms with Crippen molar-refractivity contribution in [1.29, 1.82) is 0 Å². The van der Waals surface area contributed by atoms with Gasteiger partial charge in [0.05, 0.1) is 5.60 Å². The molecule has 0 bridgehead atoms. The van der Waals surface area contributed by atoms with Gasteiger partial charge in [0, 0.05) is 5.56 Å². The summed E-state index contributed by atoms with van der Waals surface area (Å²) in [6, 6.07) is 14.7. The Morgan fingerprint density at radius 3 is 1.94 bits per heavy atom. The Balaban J connectivity index is 2.65. The number of phenols is 1. The number of para-hydroxylation sites is 1. The van der Waals surface area contributed by atoms with Crippen LogP contribution in [0.1, 0.15) is 19.4 Å². The van der Waals surface area contributed by atoms with Crippen molar-refractivity contribution in [1.82, 2.24) is 0 Å².